The molecule has 0 bridgehead atoms. The average Bonchev–Trinajstić information content (AvgIpc) is 2.23. The van der Waals surface area contributed by atoms with Crippen molar-refractivity contribution in [3.05, 3.63) is 35.9 Å². The summed E-state index contributed by atoms with van der Waals surface area (Å²) in [5.74, 6) is 0. The van der Waals surface area contributed by atoms with Crippen molar-refractivity contribution >= 4 is 36.3 Å². The Balaban J connectivity index is 3.62. The Morgan fingerprint density at radius 2 is 1.19 bits per heavy atom. The van der Waals surface area contributed by atoms with Gasteiger partial charge in [-0.15, -0.1) is 0 Å². The summed E-state index contributed by atoms with van der Waals surface area (Å²) in [5, 5.41) is 1.40. The molecule has 1 rings (SSSR count). The molecule has 0 radical (unpaired) electrons. The van der Waals surface area contributed by atoms with E-state index in [0.29, 0.717) is 0 Å². The smallest absolute Gasteiger partial charge is 0.241 e. The van der Waals surface area contributed by atoms with Gasteiger partial charge in [-0.2, -0.15) is 0 Å². The van der Waals surface area contributed by atoms with Crippen LogP contribution in [0.15, 0.2) is 30.3 Å². The van der Waals surface area contributed by atoms with Gasteiger partial charge in [-0.1, -0.05) is 69.6 Å². The second-order valence-corrected chi connectivity index (χ2v) is 36.9. The molecule has 0 N–H and O–H groups in total. The fraction of sp³-hybridized carbons (Fsp3) is 0.562. The lowest BCUT2D eigenvalue weighted by molar-refractivity contribution is 0.566. The summed E-state index contributed by atoms with van der Waals surface area (Å²) in [4.78, 5) is 0. The Morgan fingerprint density at radius 3 is 1.52 bits per heavy atom. The molecule has 0 saturated carbocycles. The second-order valence-electron chi connectivity index (χ2n) is 8.78. The molecule has 1 aromatic carbocycles. The lowest BCUT2D eigenvalue weighted by Gasteiger charge is -2.35. The van der Waals surface area contributed by atoms with E-state index in [1.54, 1.807) is 0 Å². The van der Waals surface area contributed by atoms with Gasteiger partial charge in [-0.25, -0.2) is 0 Å². The van der Waals surface area contributed by atoms with Crippen LogP contribution in [0.1, 0.15) is 5.56 Å². The average molecular weight is 353 g/mol. The molecule has 0 aliphatic rings. The van der Waals surface area contributed by atoms with Crippen molar-refractivity contribution in [1.82, 2.24) is 0 Å². The van der Waals surface area contributed by atoms with Crippen molar-refractivity contribution in [2.75, 3.05) is 0 Å². The van der Waals surface area contributed by atoms with Crippen LogP contribution in [-0.4, -0.2) is 36.3 Å². The number of hydrogen-bond acceptors (Lipinski definition) is 1. The van der Waals surface area contributed by atoms with Gasteiger partial charge in [0.2, 0.25) is 8.32 Å². The largest absolute Gasteiger partial charge is 0.548 e. The van der Waals surface area contributed by atoms with E-state index in [2.05, 4.69) is 89.3 Å². The Kier molecular flexibility index (Phi) is 5.80. The fourth-order valence-corrected chi connectivity index (χ4v) is 42.0. The summed E-state index contributed by atoms with van der Waals surface area (Å²) >= 11 is 0. The third-order valence-corrected chi connectivity index (χ3v) is 31.9. The first-order valence-electron chi connectivity index (χ1n) is 7.82. The first-order valence-corrected chi connectivity index (χ1v) is 21.7. The minimum atomic E-state index is -1.59. The molecule has 1 nitrogen and oxygen atoms in total. The maximum Gasteiger partial charge on any atom is 0.241 e. The third-order valence-electron chi connectivity index (χ3n) is 3.17. The lowest BCUT2D eigenvalue weighted by Crippen LogP contribution is -2.57. The monoisotopic (exact) mass is 352 g/mol. The summed E-state index contributed by atoms with van der Waals surface area (Å²) in [5.41, 5.74) is 1.35. The summed E-state index contributed by atoms with van der Waals surface area (Å²) in [6.45, 7) is 22.2. The molecule has 0 aliphatic carbocycles. The van der Waals surface area contributed by atoms with Crippen molar-refractivity contribution in [2.45, 2.75) is 58.9 Å². The van der Waals surface area contributed by atoms with Gasteiger partial charge in [0, 0.05) is 13.0 Å². The summed E-state index contributed by atoms with van der Waals surface area (Å²) in [7, 11) is -4.67. The molecule has 0 aromatic heterocycles. The zero-order chi connectivity index (χ0) is 16.5. The van der Waals surface area contributed by atoms with Crippen LogP contribution in [0.3, 0.4) is 0 Å². The highest BCUT2D eigenvalue weighted by molar-refractivity contribution is 7.61. The van der Waals surface area contributed by atoms with Crippen LogP contribution < -0.4 is 0 Å². The summed E-state index contributed by atoms with van der Waals surface area (Å²) in [6.07, 6.45) is 0. The third kappa shape index (κ3) is 5.81. The molecule has 0 saturated heterocycles. The highest BCUT2D eigenvalue weighted by Gasteiger charge is 2.37. The van der Waals surface area contributed by atoms with Gasteiger partial charge in [0.05, 0.1) is 20.5 Å². The molecule has 21 heavy (non-hydrogen) atoms. The predicted molar refractivity (Wildman–Crippen MR) is 107 cm³/mol. The zero-order valence-electron chi connectivity index (χ0n) is 15.3. The standard InChI is InChI=1S/C16H32OSi4/c1-19(2,3)17-16(15-13-11-10-12-14-15)18(20(4,5)6)21(7,8)9/h10-14H,1-9H3. The Labute approximate surface area is 135 Å². The van der Waals surface area contributed by atoms with Crippen molar-refractivity contribution in [1.29, 1.82) is 0 Å². The van der Waals surface area contributed by atoms with Gasteiger partial charge >= 0.3 is 0 Å². The first-order chi connectivity index (χ1) is 9.32. The SMILES string of the molecule is C[Si](C)(C)OC(c1ccccc1)=[Si]([Si](C)(C)C)[Si](C)(C)C. The van der Waals surface area contributed by atoms with Crippen molar-refractivity contribution < 1.29 is 4.43 Å². The van der Waals surface area contributed by atoms with Gasteiger partial charge in [0.15, 0.2) is 0 Å². The quantitative estimate of drug-likeness (QED) is 0.683. The lowest BCUT2D eigenvalue weighted by atomic mass is 10.2. The highest BCUT2D eigenvalue weighted by atomic mass is 29.6. The topological polar surface area (TPSA) is 9.23 Å². The minimum absolute atomic E-state index is 0.592. The van der Waals surface area contributed by atoms with Gasteiger partial charge in [0.25, 0.3) is 0 Å². The van der Waals surface area contributed by atoms with E-state index < -0.39 is 30.9 Å². The van der Waals surface area contributed by atoms with Crippen LogP contribution in [0.2, 0.25) is 58.9 Å². The second kappa shape index (κ2) is 6.48. The fourth-order valence-electron chi connectivity index (χ4n) is 2.96. The highest BCUT2D eigenvalue weighted by Crippen LogP contribution is 2.19. The van der Waals surface area contributed by atoms with Crippen LogP contribution >= 0.6 is 0 Å². The van der Waals surface area contributed by atoms with E-state index >= 15 is 0 Å². The summed E-state index contributed by atoms with van der Waals surface area (Å²) < 4.78 is 6.71. The van der Waals surface area contributed by atoms with E-state index in [1.807, 2.05) is 0 Å². The van der Waals surface area contributed by atoms with E-state index in [9.17, 15) is 0 Å². The minimum Gasteiger partial charge on any atom is -0.548 e. The van der Waals surface area contributed by atoms with Crippen LogP contribution in [0.5, 0.6) is 0 Å². The molecule has 0 amide bonds. The first kappa shape index (κ1) is 18.8. The molecular weight excluding hydrogens is 321 g/mol. The summed E-state index contributed by atoms with van der Waals surface area (Å²) in [6, 6.07) is 10.9. The van der Waals surface area contributed by atoms with Crippen LogP contribution in [0.4, 0.5) is 0 Å². The van der Waals surface area contributed by atoms with Gasteiger partial charge < -0.3 is 4.43 Å². The van der Waals surface area contributed by atoms with Crippen molar-refractivity contribution in [3.63, 3.8) is 0 Å². The van der Waals surface area contributed by atoms with Crippen molar-refractivity contribution in [2.24, 2.45) is 0 Å². The van der Waals surface area contributed by atoms with Crippen LogP contribution in [-0.2, 0) is 4.43 Å². The van der Waals surface area contributed by atoms with Crippen LogP contribution in [0, 0.1) is 0 Å². The van der Waals surface area contributed by atoms with Gasteiger partial charge in [-0.05, 0) is 19.6 Å². The van der Waals surface area contributed by atoms with E-state index in [1.165, 1.54) is 10.9 Å². The number of rotatable bonds is 5. The molecule has 0 aliphatic heterocycles. The molecule has 0 heterocycles. The van der Waals surface area contributed by atoms with Gasteiger partial charge in [0.1, 0.15) is 0 Å². The molecule has 0 spiro atoms. The zero-order valence-corrected chi connectivity index (χ0v) is 19.3. The maximum absolute atomic E-state index is 6.71. The van der Waals surface area contributed by atoms with Crippen LogP contribution in [0.25, 0.3) is 0 Å². The molecule has 118 valence electrons. The molecule has 5 heteroatoms. The predicted octanol–water partition coefficient (Wildman–Crippen LogP) is 4.93. The van der Waals surface area contributed by atoms with Gasteiger partial charge in [-0.3, -0.25) is 0 Å². The Hall–Kier alpha value is -0.242. The maximum atomic E-state index is 6.71. The number of hydrogen-bond donors (Lipinski definition) is 0. The van der Waals surface area contributed by atoms with Crippen molar-refractivity contribution in [3.8, 4) is 0 Å². The molecule has 0 atom stereocenters. The Morgan fingerprint density at radius 1 is 0.762 bits per heavy atom. The molecular formula is C16H32OSi4. The normalized spacial score (nSPS) is 13.0. The molecule has 0 unspecified atom stereocenters. The van der Waals surface area contributed by atoms with E-state index in [4.69, 9.17) is 4.43 Å². The Bertz CT molecular complexity index is 486. The number of benzene rings is 1. The molecule has 1 aromatic rings. The molecule has 0 fully saturated rings. The van der Waals surface area contributed by atoms with E-state index in [0.717, 1.165) is 0 Å². The van der Waals surface area contributed by atoms with E-state index in [-0.39, 0.29) is 0 Å².